The summed E-state index contributed by atoms with van der Waals surface area (Å²) in [5, 5.41) is 0. The summed E-state index contributed by atoms with van der Waals surface area (Å²) in [7, 11) is 0. The Balaban J connectivity index is 1.86. The van der Waals surface area contributed by atoms with Crippen LogP contribution in [0.25, 0.3) is 0 Å². The fourth-order valence-corrected chi connectivity index (χ4v) is 2.26. The minimum absolute atomic E-state index is 0.0505. The number of carbonyl (C=O) groups is 3. The van der Waals surface area contributed by atoms with Gasteiger partial charge >= 0.3 is 5.97 Å². The van der Waals surface area contributed by atoms with Crippen LogP contribution in [0.1, 0.15) is 34.6 Å². The molecule has 0 saturated carbocycles. The van der Waals surface area contributed by atoms with Crippen LogP contribution in [-0.2, 0) is 9.53 Å². The first-order chi connectivity index (χ1) is 11.9. The summed E-state index contributed by atoms with van der Waals surface area (Å²) in [5.74, 6) is -0.542. The molecule has 0 fully saturated rings. The molecule has 6 heteroatoms. The van der Waals surface area contributed by atoms with Gasteiger partial charge in [-0.25, -0.2) is 4.79 Å². The topological polar surface area (TPSA) is 69.7 Å². The first-order valence-corrected chi connectivity index (χ1v) is 8.39. The van der Waals surface area contributed by atoms with Crippen molar-refractivity contribution in [2.75, 3.05) is 6.61 Å². The third-order valence-corrected chi connectivity index (χ3v) is 3.95. The maximum Gasteiger partial charge on any atom is 0.347 e. The van der Waals surface area contributed by atoms with Crippen molar-refractivity contribution >= 4 is 33.5 Å². The monoisotopic (exact) mass is 404 g/mol. The quantitative estimate of drug-likeness (QED) is 0.517. The summed E-state index contributed by atoms with van der Waals surface area (Å²) in [6.07, 6.45) is -0.874. The zero-order chi connectivity index (χ0) is 18.4. The van der Waals surface area contributed by atoms with Crippen LogP contribution in [0.3, 0.4) is 0 Å². The zero-order valence-corrected chi connectivity index (χ0v) is 15.4. The highest BCUT2D eigenvalue weighted by atomic mass is 79.9. The van der Waals surface area contributed by atoms with E-state index < -0.39 is 12.1 Å². The molecule has 0 bridgehead atoms. The van der Waals surface area contributed by atoms with Crippen LogP contribution in [-0.4, -0.2) is 30.2 Å². The number of esters is 1. The van der Waals surface area contributed by atoms with Crippen molar-refractivity contribution in [1.29, 1.82) is 0 Å². The number of hydrogen-bond donors (Lipinski definition) is 0. The third-order valence-electron chi connectivity index (χ3n) is 3.42. The summed E-state index contributed by atoms with van der Waals surface area (Å²) < 4.78 is 11.3. The maximum absolute atomic E-state index is 12.0. The molecule has 0 aliphatic rings. The molecule has 0 saturated heterocycles. The molecule has 25 heavy (non-hydrogen) atoms. The molecule has 0 N–H and O–H groups in total. The number of hydrogen-bond acceptors (Lipinski definition) is 5. The Hall–Kier alpha value is -2.47. The predicted molar refractivity (Wildman–Crippen MR) is 96.0 cm³/mol. The Bertz CT molecular complexity index is 765. The third kappa shape index (κ3) is 5.53. The molecule has 5 nitrogen and oxygen atoms in total. The lowest BCUT2D eigenvalue weighted by Gasteiger charge is -2.14. The number of halogens is 1. The van der Waals surface area contributed by atoms with Crippen LogP contribution >= 0.6 is 15.9 Å². The van der Waals surface area contributed by atoms with Gasteiger partial charge in [0.15, 0.2) is 24.3 Å². The number of ether oxygens (including phenoxy) is 2. The van der Waals surface area contributed by atoms with Gasteiger partial charge in [0, 0.05) is 15.6 Å². The van der Waals surface area contributed by atoms with E-state index in [0.29, 0.717) is 16.9 Å². The molecule has 0 aromatic heterocycles. The van der Waals surface area contributed by atoms with Gasteiger partial charge in [0.1, 0.15) is 5.75 Å². The summed E-state index contributed by atoms with van der Waals surface area (Å²) in [6, 6.07) is 13.2. The van der Waals surface area contributed by atoms with Crippen molar-refractivity contribution in [1.82, 2.24) is 0 Å². The molecule has 2 rings (SSSR count). The molecule has 130 valence electrons. The number of ketones is 2. The number of benzene rings is 2. The van der Waals surface area contributed by atoms with Gasteiger partial charge in [-0.3, -0.25) is 9.59 Å². The number of rotatable bonds is 7. The van der Waals surface area contributed by atoms with Crippen molar-refractivity contribution in [3.05, 3.63) is 64.1 Å². The van der Waals surface area contributed by atoms with E-state index in [4.69, 9.17) is 9.47 Å². The molecule has 0 amide bonds. The first kappa shape index (κ1) is 18.9. The van der Waals surface area contributed by atoms with E-state index in [1.165, 1.54) is 13.8 Å². The van der Waals surface area contributed by atoms with Gasteiger partial charge in [0.2, 0.25) is 0 Å². The first-order valence-electron chi connectivity index (χ1n) is 7.60. The smallest absolute Gasteiger partial charge is 0.347 e. The van der Waals surface area contributed by atoms with Crippen molar-refractivity contribution in [2.24, 2.45) is 0 Å². The van der Waals surface area contributed by atoms with Gasteiger partial charge < -0.3 is 9.47 Å². The minimum Gasteiger partial charge on any atom is -0.479 e. The predicted octanol–water partition coefficient (Wildman–Crippen LogP) is 3.85. The Labute approximate surface area is 154 Å². The highest BCUT2D eigenvalue weighted by Crippen LogP contribution is 2.15. The summed E-state index contributed by atoms with van der Waals surface area (Å²) in [5.41, 5.74) is 1.02. The molecular weight excluding hydrogens is 388 g/mol. The lowest BCUT2D eigenvalue weighted by atomic mass is 10.1. The van der Waals surface area contributed by atoms with Crippen LogP contribution < -0.4 is 4.74 Å². The van der Waals surface area contributed by atoms with E-state index in [1.54, 1.807) is 48.5 Å². The van der Waals surface area contributed by atoms with Crippen LogP contribution in [0.5, 0.6) is 5.75 Å². The molecule has 1 atom stereocenters. The van der Waals surface area contributed by atoms with Gasteiger partial charge in [-0.1, -0.05) is 28.1 Å². The molecule has 0 aliphatic heterocycles. The minimum atomic E-state index is -0.874. The van der Waals surface area contributed by atoms with Crippen LogP contribution in [0, 0.1) is 0 Å². The van der Waals surface area contributed by atoms with Crippen molar-refractivity contribution in [3.8, 4) is 5.75 Å². The van der Waals surface area contributed by atoms with E-state index >= 15 is 0 Å². The van der Waals surface area contributed by atoms with Crippen LogP contribution in [0.15, 0.2) is 53.0 Å². The number of carbonyl (C=O) groups excluding carboxylic acids is 3. The van der Waals surface area contributed by atoms with Gasteiger partial charge in [-0.15, -0.1) is 0 Å². The number of Topliss-reactive ketones (excluding diaryl/α,β-unsaturated/α-hetero) is 2. The molecule has 0 radical (unpaired) electrons. The van der Waals surface area contributed by atoms with Crippen molar-refractivity contribution < 1.29 is 23.9 Å². The molecule has 0 aliphatic carbocycles. The van der Waals surface area contributed by atoms with Crippen molar-refractivity contribution in [3.63, 3.8) is 0 Å². The lowest BCUT2D eigenvalue weighted by Crippen LogP contribution is -2.28. The van der Waals surface area contributed by atoms with Gasteiger partial charge in [0.25, 0.3) is 0 Å². The lowest BCUT2D eigenvalue weighted by molar-refractivity contribution is -0.149. The molecule has 2 aromatic rings. The molecule has 0 heterocycles. The van der Waals surface area contributed by atoms with E-state index in [0.717, 1.165) is 4.47 Å². The second-order valence-electron chi connectivity index (χ2n) is 5.38. The standard InChI is InChI=1S/C19H17BrO5/c1-12(21)14-5-9-17(10-6-14)25-13(2)19(23)24-11-18(22)15-3-7-16(20)8-4-15/h3-10,13H,11H2,1-2H3/t13-/m0/s1. The zero-order valence-electron chi connectivity index (χ0n) is 13.8. The van der Waals surface area contributed by atoms with E-state index in [2.05, 4.69) is 15.9 Å². The molecule has 0 spiro atoms. The SMILES string of the molecule is CC(=O)c1ccc(O[C@@H](C)C(=O)OCC(=O)c2ccc(Br)cc2)cc1. The Morgan fingerprint density at radius 3 is 2.08 bits per heavy atom. The Morgan fingerprint density at radius 2 is 1.52 bits per heavy atom. The van der Waals surface area contributed by atoms with Crippen molar-refractivity contribution in [2.45, 2.75) is 20.0 Å². The maximum atomic E-state index is 12.0. The fourth-order valence-electron chi connectivity index (χ4n) is 1.99. The summed E-state index contributed by atoms with van der Waals surface area (Å²) >= 11 is 3.29. The molecule has 2 aromatic carbocycles. The van der Waals surface area contributed by atoms with E-state index in [9.17, 15) is 14.4 Å². The average Bonchev–Trinajstić information content (AvgIpc) is 2.60. The normalized spacial score (nSPS) is 11.5. The van der Waals surface area contributed by atoms with Crippen LogP contribution in [0.4, 0.5) is 0 Å². The Morgan fingerprint density at radius 1 is 0.960 bits per heavy atom. The highest BCUT2D eigenvalue weighted by molar-refractivity contribution is 9.10. The molecular formula is C19H17BrO5. The highest BCUT2D eigenvalue weighted by Gasteiger charge is 2.18. The summed E-state index contributed by atoms with van der Waals surface area (Å²) in [4.78, 5) is 35.2. The average molecular weight is 405 g/mol. The van der Waals surface area contributed by atoms with Crippen LogP contribution in [0.2, 0.25) is 0 Å². The van der Waals surface area contributed by atoms with E-state index in [-0.39, 0.29) is 18.2 Å². The fraction of sp³-hybridized carbons (Fsp3) is 0.211. The Kier molecular flexibility index (Phi) is 6.47. The van der Waals surface area contributed by atoms with Gasteiger partial charge in [-0.2, -0.15) is 0 Å². The van der Waals surface area contributed by atoms with E-state index in [1.807, 2.05) is 0 Å². The molecule has 0 unspecified atom stereocenters. The largest absolute Gasteiger partial charge is 0.479 e. The second-order valence-corrected chi connectivity index (χ2v) is 6.29. The summed E-state index contributed by atoms with van der Waals surface area (Å²) in [6.45, 7) is 2.65. The van der Waals surface area contributed by atoms with Gasteiger partial charge in [0.05, 0.1) is 0 Å². The second kappa shape index (κ2) is 8.58. The van der Waals surface area contributed by atoms with Gasteiger partial charge in [-0.05, 0) is 50.2 Å².